The molecule has 1 heterocycles. The Balaban J connectivity index is 2.82. The molecule has 2 aromatic rings. The van der Waals surface area contributed by atoms with Crippen LogP contribution in [0, 0.1) is 3.57 Å². The number of benzene rings is 1. The number of hydrogen-bond donors (Lipinski definition) is 2. The van der Waals surface area contributed by atoms with Gasteiger partial charge in [-0.1, -0.05) is 17.4 Å². The highest BCUT2D eigenvalue weighted by molar-refractivity contribution is 14.1. The smallest absolute Gasteiger partial charge is 0.172 e. The van der Waals surface area contributed by atoms with Gasteiger partial charge in [0.25, 0.3) is 0 Å². The molecular formula is C9H7IO2S. The quantitative estimate of drug-likeness (QED) is 0.795. The van der Waals surface area contributed by atoms with E-state index in [1.54, 1.807) is 6.07 Å². The number of aliphatic hydroxyl groups excluding tert-OH is 1. The van der Waals surface area contributed by atoms with Gasteiger partial charge in [-0.2, -0.15) is 0 Å². The Hall–Kier alpha value is -0.330. The van der Waals surface area contributed by atoms with Crippen LogP contribution in [-0.4, -0.2) is 10.2 Å². The Morgan fingerprint density at radius 3 is 2.85 bits per heavy atom. The topological polar surface area (TPSA) is 40.5 Å². The van der Waals surface area contributed by atoms with E-state index in [2.05, 4.69) is 22.6 Å². The summed E-state index contributed by atoms with van der Waals surface area (Å²) in [5, 5.41) is 19.7. The van der Waals surface area contributed by atoms with Gasteiger partial charge in [-0.15, -0.1) is 0 Å². The Kier molecular flexibility index (Phi) is 2.44. The molecule has 2 nitrogen and oxygen atoms in total. The first-order chi connectivity index (χ1) is 6.22. The van der Waals surface area contributed by atoms with E-state index in [4.69, 9.17) is 5.11 Å². The summed E-state index contributed by atoms with van der Waals surface area (Å²) < 4.78 is 2.02. The lowest BCUT2D eigenvalue weighted by atomic mass is 10.2. The highest BCUT2D eigenvalue weighted by Crippen LogP contribution is 2.34. The van der Waals surface area contributed by atoms with Crippen LogP contribution in [0.3, 0.4) is 0 Å². The van der Waals surface area contributed by atoms with Crippen LogP contribution in [0.1, 0.15) is 5.56 Å². The van der Waals surface area contributed by atoms with Gasteiger partial charge in [0.15, 0.2) is 5.06 Å². The summed E-state index contributed by atoms with van der Waals surface area (Å²) in [6.45, 7) is 0.0234. The zero-order valence-electron chi connectivity index (χ0n) is 6.62. The molecule has 0 bridgehead atoms. The fourth-order valence-corrected chi connectivity index (χ4v) is 3.01. The molecule has 2 rings (SSSR count). The van der Waals surface area contributed by atoms with Crippen molar-refractivity contribution in [3.8, 4) is 5.06 Å². The van der Waals surface area contributed by atoms with E-state index in [9.17, 15) is 5.11 Å². The molecular weight excluding hydrogens is 299 g/mol. The van der Waals surface area contributed by atoms with E-state index >= 15 is 0 Å². The zero-order valence-corrected chi connectivity index (χ0v) is 9.59. The van der Waals surface area contributed by atoms with Crippen molar-refractivity contribution >= 4 is 44.0 Å². The minimum absolute atomic E-state index is 0.0234. The summed E-state index contributed by atoms with van der Waals surface area (Å²) in [6, 6.07) is 5.61. The second kappa shape index (κ2) is 3.43. The number of hydrogen-bond acceptors (Lipinski definition) is 3. The molecule has 1 aromatic heterocycles. The molecule has 2 N–H and O–H groups in total. The van der Waals surface area contributed by atoms with Crippen LogP contribution in [0.25, 0.3) is 10.1 Å². The van der Waals surface area contributed by atoms with Gasteiger partial charge in [-0.05, 0) is 40.1 Å². The molecule has 68 valence electrons. The molecule has 0 aliphatic carbocycles. The zero-order chi connectivity index (χ0) is 9.42. The summed E-state index contributed by atoms with van der Waals surface area (Å²) >= 11 is 3.49. The monoisotopic (exact) mass is 306 g/mol. The van der Waals surface area contributed by atoms with Crippen molar-refractivity contribution in [1.82, 2.24) is 0 Å². The Bertz CT molecular complexity index is 450. The minimum atomic E-state index is 0.0234. The largest absolute Gasteiger partial charge is 0.499 e. The van der Waals surface area contributed by atoms with Crippen molar-refractivity contribution in [3.63, 3.8) is 0 Å². The predicted octanol–water partition coefficient (Wildman–Crippen LogP) is 2.70. The van der Waals surface area contributed by atoms with Crippen molar-refractivity contribution in [2.45, 2.75) is 6.61 Å². The summed E-state index contributed by atoms with van der Waals surface area (Å²) in [5.41, 5.74) is 0.906. The number of halogens is 1. The van der Waals surface area contributed by atoms with E-state index in [1.807, 2.05) is 12.1 Å². The first kappa shape index (κ1) is 9.23. The minimum Gasteiger partial charge on any atom is -0.499 e. The highest BCUT2D eigenvalue weighted by atomic mass is 127. The first-order valence-corrected chi connectivity index (χ1v) is 5.62. The Labute approximate surface area is 93.0 Å². The van der Waals surface area contributed by atoms with Gasteiger partial charge in [-0.3, -0.25) is 0 Å². The molecule has 0 amide bonds. The fourth-order valence-electron chi connectivity index (χ4n) is 1.27. The second-order valence-electron chi connectivity index (χ2n) is 2.69. The average Bonchev–Trinajstić information content (AvgIpc) is 2.45. The van der Waals surface area contributed by atoms with Gasteiger partial charge in [0.1, 0.15) is 0 Å². The van der Waals surface area contributed by atoms with Crippen molar-refractivity contribution < 1.29 is 10.2 Å². The van der Waals surface area contributed by atoms with Gasteiger partial charge in [0.2, 0.25) is 0 Å². The third-order valence-corrected chi connectivity index (χ3v) is 3.90. The van der Waals surface area contributed by atoms with Crippen LogP contribution < -0.4 is 0 Å². The normalized spacial score (nSPS) is 10.9. The van der Waals surface area contributed by atoms with Crippen LogP contribution in [0.15, 0.2) is 18.2 Å². The van der Waals surface area contributed by atoms with Crippen molar-refractivity contribution in [2.24, 2.45) is 0 Å². The maximum atomic E-state index is 9.30. The van der Waals surface area contributed by atoms with Crippen molar-refractivity contribution in [2.75, 3.05) is 0 Å². The number of aliphatic hydroxyl groups is 1. The fraction of sp³-hybridized carbons (Fsp3) is 0.111. The molecule has 0 atom stereocenters. The van der Waals surface area contributed by atoms with Crippen molar-refractivity contribution in [1.29, 1.82) is 0 Å². The SMILES string of the molecule is OCc1c(I)ccc2cc(O)sc12. The van der Waals surface area contributed by atoms with Gasteiger partial charge in [0, 0.05) is 13.8 Å². The molecule has 0 fully saturated rings. The lowest BCUT2D eigenvalue weighted by Gasteiger charge is -2.00. The number of aromatic hydroxyl groups is 1. The number of thiophene rings is 1. The van der Waals surface area contributed by atoms with E-state index in [0.29, 0.717) is 5.06 Å². The lowest BCUT2D eigenvalue weighted by molar-refractivity contribution is 0.282. The molecule has 13 heavy (non-hydrogen) atoms. The van der Waals surface area contributed by atoms with Crippen LogP contribution >= 0.6 is 33.9 Å². The second-order valence-corrected chi connectivity index (χ2v) is 4.88. The van der Waals surface area contributed by atoms with Gasteiger partial charge < -0.3 is 10.2 Å². The molecule has 0 aliphatic heterocycles. The van der Waals surface area contributed by atoms with Crippen LogP contribution in [0.5, 0.6) is 5.06 Å². The van der Waals surface area contributed by atoms with Crippen LogP contribution in [0.4, 0.5) is 0 Å². The third-order valence-electron chi connectivity index (χ3n) is 1.88. The molecule has 0 aliphatic rings. The summed E-state index contributed by atoms with van der Waals surface area (Å²) in [7, 11) is 0. The Morgan fingerprint density at radius 1 is 1.38 bits per heavy atom. The van der Waals surface area contributed by atoms with Crippen LogP contribution in [0.2, 0.25) is 0 Å². The molecule has 0 spiro atoms. The number of fused-ring (bicyclic) bond motifs is 1. The van der Waals surface area contributed by atoms with Gasteiger partial charge in [0.05, 0.1) is 6.61 Å². The molecule has 4 heteroatoms. The van der Waals surface area contributed by atoms with Gasteiger partial charge >= 0.3 is 0 Å². The number of rotatable bonds is 1. The molecule has 0 unspecified atom stereocenters. The molecule has 1 aromatic carbocycles. The van der Waals surface area contributed by atoms with E-state index in [1.165, 1.54) is 11.3 Å². The van der Waals surface area contributed by atoms with E-state index < -0.39 is 0 Å². The highest BCUT2D eigenvalue weighted by Gasteiger charge is 2.08. The maximum Gasteiger partial charge on any atom is 0.172 e. The first-order valence-electron chi connectivity index (χ1n) is 3.73. The van der Waals surface area contributed by atoms with E-state index in [-0.39, 0.29) is 6.61 Å². The summed E-state index contributed by atoms with van der Waals surface area (Å²) in [6.07, 6.45) is 0. The molecule has 0 saturated heterocycles. The van der Waals surface area contributed by atoms with Crippen molar-refractivity contribution in [3.05, 3.63) is 27.3 Å². The predicted molar refractivity (Wildman–Crippen MR) is 62.1 cm³/mol. The summed E-state index contributed by atoms with van der Waals surface area (Å²) in [5.74, 6) is 0. The Morgan fingerprint density at radius 2 is 2.15 bits per heavy atom. The maximum absolute atomic E-state index is 9.30. The molecule has 0 saturated carbocycles. The molecule has 0 radical (unpaired) electrons. The van der Waals surface area contributed by atoms with Crippen LogP contribution in [-0.2, 0) is 6.61 Å². The van der Waals surface area contributed by atoms with E-state index in [0.717, 1.165) is 19.2 Å². The third kappa shape index (κ3) is 1.53. The average molecular weight is 306 g/mol. The van der Waals surface area contributed by atoms with Gasteiger partial charge in [-0.25, -0.2) is 0 Å². The standard InChI is InChI=1S/C9H7IO2S/c10-7-2-1-5-3-8(12)13-9(5)6(7)4-11/h1-3,11-12H,4H2. The lowest BCUT2D eigenvalue weighted by Crippen LogP contribution is -1.87. The summed E-state index contributed by atoms with van der Waals surface area (Å²) in [4.78, 5) is 0.